The lowest BCUT2D eigenvalue weighted by atomic mass is 9.84. The molecule has 0 saturated heterocycles. The molecule has 1 aliphatic rings. The summed E-state index contributed by atoms with van der Waals surface area (Å²) in [5, 5.41) is 13.7. The van der Waals surface area contributed by atoms with Gasteiger partial charge in [-0.2, -0.15) is 10.4 Å². The fourth-order valence-electron chi connectivity index (χ4n) is 3.70. The van der Waals surface area contributed by atoms with Crippen molar-refractivity contribution in [2.45, 2.75) is 19.3 Å². The average Bonchev–Trinajstić information content (AvgIpc) is 2.83. The number of hydrogen-bond acceptors (Lipinski definition) is 7. The van der Waals surface area contributed by atoms with Gasteiger partial charge in [-0.1, -0.05) is 6.07 Å². The van der Waals surface area contributed by atoms with E-state index in [4.69, 9.17) is 18.9 Å². The molecule has 0 unspecified atom stereocenters. The molecule has 0 saturated carbocycles. The number of methoxy groups -OCH3 is 4. The minimum atomic E-state index is -0.560. The van der Waals surface area contributed by atoms with Crippen LogP contribution in [0.25, 0.3) is 5.57 Å². The number of hydrogen-bond donors (Lipinski definition) is 1. The van der Waals surface area contributed by atoms with E-state index in [1.54, 1.807) is 19.2 Å². The van der Waals surface area contributed by atoms with Crippen LogP contribution >= 0.6 is 0 Å². The number of amides is 1. The van der Waals surface area contributed by atoms with Gasteiger partial charge in [-0.15, -0.1) is 0 Å². The Hall–Kier alpha value is -3.99. The largest absolute Gasteiger partial charge is 0.497 e. The van der Waals surface area contributed by atoms with Gasteiger partial charge in [0.1, 0.15) is 17.4 Å². The van der Waals surface area contributed by atoms with Gasteiger partial charge in [0.25, 0.3) is 5.91 Å². The highest BCUT2D eigenvalue weighted by atomic mass is 16.5. The number of nitrogens with zero attached hydrogens (tertiary/aromatic N) is 2. The maximum atomic E-state index is 12.7. The van der Waals surface area contributed by atoms with E-state index in [2.05, 4.69) is 10.5 Å². The molecule has 0 atom stereocenters. The first kappa shape index (κ1) is 22.7. The van der Waals surface area contributed by atoms with Crippen molar-refractivity contribution in [3.8, 4) is 29.1 Å². The van der Waals surface area contributed by atoms with Crippen LogP contribution in [0.1, 0.15) is 29.5 Å². The lowest BCUT2D eigenvalue weighted by Crippen LogP contribution is -2.21. The molecule has 2 aromatic carbocycles. The lowest BCUT2D eigenvalue weighted by molar-refractivity contribution is -0.117. The first-order chi connectivity index (χ1) is 15.6. The summed E-state index contributed by atoms with van der Waals surface area (Å²) >= 11 is 0. The Morgan fingerprint density at radius 2 is 1.75 bits per heavy atom. The van der Waals surface area contributed by atoms with Crippen molar-refractivity contribution in [3.63, 3.8) is 0 Å². The topological polar surface area (TPSA) is 102 Å². The molecule has 0 heterocycles. The lowest BCUT2D eigenvalue weighted by Gasteiger charge is -2.20. The first-order valence-corrected chi connectivity index (χ1v) is 10.00. The number of rotatable bonds is 7. The number of ether oxygens (including phenoxy) is 4. The van der Waals surface area contributed by atoms with E-state index in [-0.39, 0.29) is 5.57 Å². The van der Waals surface area contributed by atoms with E-state index in [0.29, 0.717) is 29.2 Å². The molecule has 1 amide bonds. The summed E-state index contributed by atoms with van der Waals surface area (Å²) in [4.78, 5) is 12.7. The number of nitriles is 1. The Morgan fingerprint density at radius 3 is 2.34 bits per heavy atom. The van der Waals surface area contributed by atoms with E-state index in [9.17, 15) is 10.1 Å². The van der Waals surface area contributed by atoms with Crippen LogP contribution in [0.5, 0.6) is 23.0 Å². The van der Waals surface area contributed by atoms with E-state index in [1.807, 2.05) is 24.3 Å². The standard InChI is InChI=1S/C24H25N3O5/c1-29-17-8-9-18-16(12-17)6-5-7-19(18)20(13-25)24(28)27-26-14-15-10-21(30-2)23(32-4)22(11-15)31-3/h8-12,14H,5-7H2,1-4H3,(H,27,28)/b20-19+,26-14-. The molecule has 0 bridgehead atoms. The van der Waals surface area contributed by atoms with Crippen LogP contribution in [-0.4, -0.2) is 40.6 Å². The van der Waals surface area contributed by atoms with Gasteiger partial charge in [-0.25, -0.2) is 5.43 Å². The van der Waals surface area contributed by atoms with Crippen LogP contribution in [0, 0.1) is 11.3 Å². The summed E-state index contributed by atoms with van der Waals surface area (Å²) in [5.41, 5.74) is 5.81. The van der Waals surface area contributed by atoms with E-state index in [1.165, 1.54) is 27.5 Å². The first-order valence-electron chi connectivity index (χ1n) is 10.00. The number of allylic oxidation sites excluding steroid dienone is 1. The van der Waals surface area contributed by atoms with E-state index < -0.39 is 5.91 Å². The van der Waals surface area contributed by atoms with Crippen molar-refractivity contribution >= 4 is 17.7 Å². The molecular formula is C24H25N3O5. The number of aryl methyl sites for hydroxylation is 1. The quantitative estimate of drug-likeness (QED) is 0.309. The van der Waals surface area contributed by atoms with Crippen molar-refractivity contribution in [3.05, 3.63) is 52.6 Å². The summed E-state index contributed by atoms with van der Waals surface area (Å²) in [5.74, 6) is 1.58. The molecule has 1 aliphatic carbocycles. The smallest absolute Gasteiger partial charge is 0.282 e. The molecule has 0 aromatic heterocycles. The molecule has 32 heavy (non-hydrogen) atoms. The molecular weight excluding hydrogens is 410 g/mol. The minimum Gasteiger partial charge on any atom is -0.497 e. The Morgan fingerprint density at radius 1 is 1.03 bits per heavy atom. The number of hydrazone groups is 1. The summed E-state index contributed by atoms with van der Waals surface area (Å²) in [6.45, 7) is 0. The summed E-state index contributed by atoms with van der Waals surface area (Å²) < 4.78 is 21.2. The zero-order chi connectivity index (χ0) is 23.1. The highest BCUT2D eigenvalue weighted by molar-refractivity contribution is 6.05. The number of fused-ring (bicyclic) bond motifs is 1. The Labute approximate surface area is 187 Å². The van der Waals surface area contributed by atoms with Crippen molar-refractivity contribution in [2.24, 2.45) is 5.10 Å². The molecule has 8 nitrogen and oxygen atoms in total. The SMILES string of the molecule is COc1ccc2c(c1)CCC/C2=C(/C#N)C(=O)N/N=C\c1cc(OC)c(OC)c(OC)c1. The number of benzene rings is 2. The third-order valence-electron chi connectivity index (χ3n) is 5.22. The molecule has 0 aliphatic heterocycles. The van der Waals surface area contributed by atoms with Gasteiger partial charge in [0.05, 0.1) is 34.7 Å². The van der Waals surface area contributed by atoms with Crippen LogP contribution in [0.2, 0.25) is 0 Å². The monoisotopic (exact) mass is 435 g/mol. The molecule has 1 N–H and O–H groups in total. The highest BCUT2D eigenvalue weighted by Crippen LogP contribution is 2.38. The predicted molar refractivity (Wildman–Crippen MR) is 120 cm³/mol. The predicted octanol–water partition coefficient (Wildman–Crippen LogP) is 3.48. The van der Waals surface area contributed by atoms with Crippen molar-refractivity contribution < 1.29 is 23.7 Å². The van der Waals surface area contributed by atoms with Crippen LogP contribution in [-0.2, 0) is 11.2 Å². The molecule has 3 rings (SSSR count). The number of nitrogens with one attached hydrogen (secondary N) is 1. The van der Waals surface area contributed by atoms with Gasteiger partial charge in [0.15, 0.2) is 11.5 Å². The van der Waals surface area contributed by atoms with Gasteiger partial charge in [0.2, 0.25) is 5.75 Å². The molecule has 8 heteroatoms. The third-order valence-corrected chi connectivity index (χ3v) is 5.22. The summed E-state index contributed by atoms with van der Waals surface area (Å²) in [6, 6.07) is 11.1. The average molecular weight is 435 g/mol. The van der Waals surface area contributed by atoms with Crippen LogP contribution < -0.4 is 24.4 Å². The summed E-state index contributed by atoms with van der Waals surface area (Å²) in [7, 11) is 6.16. The second-order valence-electron chi connectivity index (χ2n) is 7.00. The van der Waals surface area contributed by atoms with Gasteiger partial charge < -0.3 is 18.9 Å². The number of carbonyl (C=O) groups excluding carboxylic acids is 1. The van der Waals surface area contributed by atoms with Gasteiger partial charge >= 0.3 is 0 Å². The maximum absolute atomic E-state index is 12.7. The van der Waals surface area contributed by atoms with Crippen molar-refractivity contribution in [1.82, 2.24) is 5.43 Å². The van der Waals surface area contributed by atoms with Crippen LogP contribution in [0.4, 0.5) is 0 Å². The highest BCUT2D eigenvalue weighted by Gasteiger charge is 2.22. The second kappa shape index (κ2) is 10.4. The van der Waals surface area contributed by atoms with E-state index in [0.717, 1.165) is 35.3 Å². The Balaban J connectivity index is 1.85. The molecule has 0 spiro atoms. The van der Waals surface area contributed by atoms with Crippen molar-refractivity contribution in [1.29, 1.82) is 5.26 Å². The normalized spacial score (nSPS) is 14.2. The van der Waals surface area contributed by atoms with Gasteiger partial charge in [-0.3, -0.25) is 4.79 Å². The second-order valence-corrected chi connectivity index (χ2v) is 7.00. The van der Waals surface area contributed by atoms with E-state index >= 15 is 0 Å². The Kier molecular flexibility index (Phi) is 7.34. The fraction of sp³-hybridized carbons (Fsp3) is 0.292. The molecule has 166 valence electrons. The third kappa shape index (κ3) is 4.67. The van der Waals surface area contributed by atoms with Crippen molar-refractivity contribution in [2.75, 3.05) is 28.4 Å². The minimum absolute atomic E-state index is 0.0539. The summed E-state index contributed by atoms with van der Waals surface area (Å²) in [6.07, 6.45) is 3.81. The molecule has 0 fully saturated rings. The van der Waals surface area contributed by atoms with Crippen LogP contribution in [0.3, 0.4) is 0 Å². The number of carbonyl (C=O) groups is 1. The van der Waals surface area contributed by atoms with Crippen LogP contribution in [0.15, 0.2) is 41.0 Å². The van der Waals surface area contributed by atoms with Gasteiger partial charge in [-0.05, 0) is 60.2 Å². The van der Waals surface area contributed by atoms with Gasteiger partial charge in [0, 0.05) is 5.56 Å². The zero-order valence-electron chi connectivity index (χ0n) is 18.5. The zero-order valence-corrected chi connectivity index (χ0v) is 18.5. The molecule has 2 aromatic rings. The fourth-order valence-corrected chi connectivity index (χ4v) is 3.70. The molecule has 0 radical (unpaired) electrons. The maximum Gasteiger partial charge on any atom is 0.282 e. The Bertz CT molecular complexity index is 1090.